The number of carbonyl (C=O) groups excluding carboxylic acids is 1. The number of rotatable bonds is 20. The first-order valence-electron chi connectivity index (χ1n) is 10.2. The second kappa shape index (κ2) is 20.6. The van der Waals surface area contributed by atoms with Crippen molar-refractivity contribution >= 4 is 5.97 Å². The molecule has 6 nitrogen and oxygen atoms in total. The Labute approximate surface area is 159 Å². The molecule has 0 aliphatic carbocycles. The first kappa shape index (κ1) is 25.3. The van der Waals surface area contributed by atoms with E-state index in [4.69, 9.17) is 23.7 Å². The summed E-state index contributed by atoms with van der Waals surface area (Å²) in [5.74, 6) is -0.128. The lowest BCUT2D eigenvalue weighted by Crippen LogP contribution is -2.15. The van der Waals surface area contributed by atoms with Crippen LogP contribution in [-0.4, -0.2) is 64.9 Å². The zero-order valence-electron chi connectivity index (χ0n) is 17.1. The van der Waals surface area contributed by atoms with Gasteiger partial charge in [0.2, 0.25) is 0 Å². The number of unbranched alkanes of at least 4 members (excludes halogenated alkanes) is 3. The van der Waals surface area contributed by atoms with Gasteiger partial charge in [-0.05, 0) is 33.1 Å². The average Bonchev–Trinajstić information content (AvgIpc) is 2.62. The zero-order chi connectivity index (χ0) is 19.3. The first-order valence-corrected chi connectivity index (χ1v) is 10.2. The van der Waals surface area contributed by atoms with E-state index in [0.717, 1.165) is 12.8 Å². The van der Waals surface area contributed by atoms with Crippen molar-refractivity contribution in [2.45, 2.75) is 71.8 Å². The summed E-state index contributed by atoms with van der Waals surface area (Å²) in [6, 6.07) is 0. The van der Waals surface area contributed by atoms with Gasteiger partial charge < -0.3 is 23.7 Å². The molecule has 0 aliphatic heterocycles. The van der Waals surface area contributed by atoms with Crippen LogP contribution in [0.1, 0.15) is 65.7 Å². The van der Waals surface area contributed by atoms with Gasteiger partial charge in [-0.1, -0.05) is 26.2 Å². The van der Waals surface area contributed by atoms with Crippen molar-refractivity contribution in [3.63, 3.8) is 0 Å². The summed E-state index contributed by atoms with van der Waals surface area (Å²) in [5.41, 5.74) is 0. The largest absolute Gasteiger partial charge is 0.463 e. The Morgan fingerprint density at radius 3 is 1.88 bits per heavy atom. The molecule has 1 unspecified atom stereocenters. The molecular formula is C20H40O6. The molecule has 0 saturated heterocycles. The molecule has 0 spiro atoms. The topological polar surface area (TPSA) is 63.2 Å². The number of hydrogen-bond acceptors (Lipinski definition) is 6. The lowest BCUT2D eigenvalue weighted by molar-refractivity contribution is -0.149. The van der Waals surface area contributed by atoms with Gasteiger partial charge in [0.05, 0.1) is 45.7 Å². The third-order valence-electron chi connectivity index (χ3n) is 3.79. The van der Waals surface area contributed by atoms with E-state index in [-0.39, 0.29) is 12.1 Å². The maximum atomic E-state index is 11.7. The SMILES string of the molecule is CCCCCCC(C)OC(=O)CCCOCCOCCOCCOCC. The van der Waals surface area contributed by atoms with Gasteiger partial charge >= 0.3 is 5.97 Å². The number of carbonyl (C=O) groups is 1. The summed E-state index contributed by atoms with van der Waals surface area (Å²) in [5, 5.41) is 0. The normalized spacial score (nSPS) is 12.3. The van der Waals surface area contributed by atoms with Crippen LogP contribution in [0.4, 0.5) is 0 Å². The van der Waals surface area contributed by atoms with Crippen LogP contribution >= 0.6 is 0 Å². The molecule has 0 aliphatic rings. The molecule has 0 heterocycles. The molecule has 0 amide bonds. The standard InChI is InChI=1S/C20H40O6/c1-4-6-7-8-10-19(3)26-20(21)11-9-12-23-15-16-25-18-17-24-14-13-22-5-2/h19H,4-18H2,1-3H3. The minimum atomic E-state index is -0.128. The lowest BCUT2D eigenvalue weighted by Gasteiger charge is -2.13. The summed E-state index contributed by atoms with van der Waals surface area (Å²) in [7, 11) is 0. The summed E-state index contributed by atoms with van der Waals surface area (Å²) >= 11 is 0. The third-order valence-corrected chi connectivity index (χ3v) is 3.79. The predicted molar refractivity (Wildman–Crippen MR) is 102 cm³/mol. The maximum absolute atomic E-state index is 11.7. The zero-order valence-corrected chi connectivity index (χ0v) is 17.1. The fourth-order valence-electron chi connectivity index (χ4n) is 2.32. The van der Waals surface area contributed by atoms with E-state index in [2.05, 4.69) is 6.92 Å². The van der Waals surface area contributed by atoms with Crippen LogP contribution in [0, 0.1) is 0 Å². The monoisotopic (exact) mass is 376 g/mol. The molecule has 6 heteroatoms. The quantitative estimate of drug-likeness (QED) is 0.238. The summed E-state index contributed by atoms with van der Waals surface area (Å²) in [6.45, 7) is 10.8. The molecular weight excluding hydrogens is 336 g/mol. The van der Waals surface area contributed by atoms with E-state index in [1.807, 2.05) is 13.8 Å². The summed E-state index contributed by atoms with van der Waals surface area (Å²) in [4.78, 5) is 11.7. The molecule has 156 valence electrons. The minimum absolute atomic E-state index is 0.0180. The number of hydrogen-bond donors (Lipinski definition) is 0. The van der Waals surface area contributed by atoms with E-state index < -0.39 is 0 Å². The van der Waals surface area contributed by atoms with Crippen molar-refractivity contribution in [1.29, 1.82) is 0 Å². The minimum Gasteiger partial charge on any atom is -0.463 e. The lowest BCUT2D eigenvalue weighted by atomic mass is 10.1. The Hall–Kier alpha value is -0.690. The highest BCUT2D eigenvalue weighted by molar-refractivity contribution is 5.69. The van der Waals surface area contributed by atoms with Crippen molar-refractivity contribution in [3.05, 3.63) is 0 Å². The molecule has 26 heavy (non-hydrogen) atoms. The Morgan fingerprint density at radius 2 is 1.31 bits per heavy atom. The molecule has 0 radical (unpaired) electrons. The second-order valence-electron chi connectivity index (χ2n) is 6.29. The Bertz CT molecular complexity index is 298. The van der Waals surface area contributed by atoms with Crippen LogP contribution in [0.2, 0.25) is 0 Å². The third kappa shape index (κ3) is 19.6. The first-order chi connectivity index (χ1) is 12.7. The van der Waals surface area contributed by atoms with Gasteiger partial charge in [-0.2, -0.15) is 0 Å². The smallest absolute Gasteiger partial charge is 0.306 e. The van der Waals surface area contributed by atoms with Crippen molar-refractivity contribution in [1.82, 2.24) is 0 Å². The second-order valence-corrected chi connectivity index (χ2v) is 6.29. The van der Waals surface area contributed by atoms with Crippen molar-refractivity contribution in [3.8, 4) is 0 Å². The molecule has 0 aromatic carbocycles. The van der Waals surface area contributed by atoms with Crippen LogP contribution in [0.15, 0.2) is 0 Å². The van der Waals surface area contributed by atoms with Crippen LogP contribution in [0.3, 0.4) is 0 Å². The van der Waals surface area contributed by atoms with Gasteiger partial charge in [0, 0.05) is 19.6 Å². The fraction of sp³-hybridized carbons (Fsp3) is 0.950. The van der Waals surface area contributed by atoms with Gasteiger partial charge in [0.1, 0.15) is 0 Å². The summed E-state index contributed by atoms with van der Waals surface area (Å²) in [6.07, 6.45) is 6.88. The fourth-order valence-corrected chi connectivity index (χ4v) is 2.32. The van der Waals surface area contributed by atoms with Gasteiger partial charge in [0.25, 0.3) is 0 Å². The molecule has 0 fully saturated rings. The van der Waals surface area contributed by atoms with E-state index in [1.54, 1.807) is 0 Å². The Kier molecular flexibility index (Phi) is 20.1. The van der Waals surface area contributed by atoms with E-state index in [0.29, 0.717) is 65.7 Å². The highest BCUT2D eigenvalue weighted by Gasteiger charge is 2.09. The Morgan fingerprint density at radius 1 is 0.731 bits per heavy atom. The molecule has 0 saturated carbocycles. The summed E-state index contributed by atoms with van der Waals surface area (Å²) < 4.78 is 26.7. The van der Waals surface area contributed by atoms with Gasteiger partial charge in [0.15, 0.2) is 0 Å². The highest BCUT2D eigenvalue weighted by Crippen LogP contribution is 2.09. The molecule has 1 atom stereocenters. The van der Waals surface area contributed by atoms with Crippen molar-refractivity contribution in [2.75, 3.05) is 52.9 Å². The van der Waals surface area contributed by atoms with Crippen LogP contribution in [0.25, 0.3) is 0 Å². The molecule has 0 rings (SSSR count). The highest BCUT2D eigenvalue weighted by atomic mass is 16.6. The molecule has 0 N–H and O–H groups in total. The number of ether oxygens (including phenoxy) is 5. The predicted octanol–water partition coefficient (Wildman–Crippen LogP) is 3.76. The van der Waals surface area contributed by atoms with E-state index in [1.165, 1.54) is 19.3 Å². The van der Waals surface area contributed by atoms with E-state index in [9.17, 15) is 4.79 Å². The van der Waals surface area contributed by atoms with Crippen LogP contribution in [-0.2, 0) is 28.5 Å². The average molecular weight is 377 g/mol. The molecule has 0 aromatic heterocycles. The number of esters is 1. The van der Waals surface area contributed by atoms with E-state index >= 15 is 0 Å². The van der Waals surface area contributed by atoms with Crippen LogP contribution in [0.5, 0.6) is 0 Å². The molecule has 0 bridgehead atoms. The van der Waals surface area contributed by atoms with Crippen LogP contribution < -0.4 is 0 Å². The van der Waals surface area contributed by atoms with Gasteiger partial charge in [-0.25, -0.2) is 0 Å². The van der Waals surface area contributed by atoms with Gasteiger partial charge in [-0.3, -0.25) is 4.79 Å². The van der Waals surface area contributed by atoms with Gasteiger partial charge in [-0.15, -0.1) is 0 Å². The van der Waals surface area contributed by atoms with Crippen molar-refractivity contribution in [2.24, 2.45) is 0 Å². The maximum Gasteiger partial charge on any atom is 0.306 e. The van der Waals surface area contributed by atoms with Crippen molar-refractivity contribution < 1.29 is 28.5 Å². The molecule has 0 aromatic rings. The Balaban J connectivity index is 3.25.